The Labute approximate surface area is 159 Å². The number of rotatable bonds is 5. The number of nitrogens with zero attached hydrogens (tertiary/aromatic N) is 3. The van der Waals surface area contributed by atoms with Crippen molar-refractivity contribution in [2.75, 3.05) is 23.4 Å². The van der Waals surface area contributed by atoms with E-state index in [0.717, 1.165) is 12.1 Å². The Kier molecular flexibility index (Phi) is 5.19. The molecule has 12 heteroatoms. The highest BCUT2D eigenvalue weighted by atomic mass is 32.2. The first-order valence-corrected chi connectivity index (χ1v) is 10.1. The van der Waals surface area contributed by atoms with E-state index in [2.05, 4.69) is 20.7 Å². The summed E-state index contributed by atoms with van der Waals surface area (Å²) >= 11 is 0. The van der Waals surface area contributed by atoms with Crippen LogP contribution >= 0.6 is 0 Å². The Morgan fingerprint density at radius 1 is 1.36 bits per heavy atom. The molecule has 1 aromatic carbocycles. The Balaban J connectivity index is 1.77. The van der Waals surface area contributed by atoms with E-state index in [4.69, 9.17) is 0 Å². The number of carbonyl (C=O) groups excluding carboxylic acids is 1. The van der Waals surface area contributed by atoms with E-state index >= 15 is 0 Å². The van der Waals surface area contributed by atoms with Gasteiger partial charge in [-0.1, -0.05) is 0 Å². The molecule has 28 heavy (non-hydrogen) atoms. The summed E-state index contributed by atoms with van der Waals surface area (Å²) in [5, 5.41) is 9.19. The van der Waals surface area contributed by atoms with Crippen LogP contribution in [0.4, 0.5) is 18.9 Å². The highest BCUT2D eigenvalue weighted by Crippen LogP contribution is 2.33. The van der Waals surface area contributed by atoms with Crippen LogP contribution < -0.4 is 10.6 Å². The molecule has 1 saturated heterocycles. The highest BCUT2D eigenvalue weighted by Gasteiger charge is 2.38. The molecule has 1 amide bonds. The lowest BCUT2D eigenvalue weighted by atomic mass is 10.0. The van der Waals surface area contributed by atoms with Gasteiger partial charge in [0.15, 0.2) is 9.84 Å². The number of nitrogens with one attached hydrogen (secondary N) is 2. The molecule has 152 valence electrons. The second kappa shape index (κ2) is 7.17. The largest absolute Gasteiger partial charge is 0.416 e. The van der Waals surface area contributed by atoms with Crippen LogP contribution in [0.3, 0.4) is 0 Å². The zero-order valence-electron chi connectivity index (χ0n) is 14.8. The van der Waals surface area contributed by atoms with Gasteiger partial charge in [0.25, 0.3) is 0 Å². The summed E-state index contributed by atoms with van der Waals surface area (Å²) < 4.78 is 63.6. The number of amides is 1. The summed E-state index contributed by atoms with van der Waals surface area (Å²) in [5.41, 5.74) is -1.54. The van der Waals surface area contributed by atoms with Crippen LogP contribution in [0.25, 0.3) is 5.69 Å². The smallest absolute Gasteiger partial charge is 0.323 e. The van der Waals surface area contributed by atoms with E-state index in [9.17, 15) is 26.4 Å². The Hall–Kier alpha value is -2.47. The third-order valence-corrected chi connectivity index (χ3v) is 6.35. The average molecular weight is 417 g/mol. The molecular weight excluding hydrogens is 399 g/mol. The number of hydrogen-bond acceptors (Lipinski definition) is 6. The molecule has 0 radical (unpaired) electrons. The Bertz CT molecular complexity index is 976. The number of hydrogen-bond donors (Lipinski definition) is 2. The fraction of sp³-hybridized carbons (Fsp3) is 0.438. The van der Waals surface area contributed by atoms with Crippen LogP contribution in [-0.2, 0) is 20.8 Å². The van der Waals surface area contributed by atoms with Crippen molar-refractivity contribution in [1.29, 1.82) is 0 Å². The number of carbonyl (C=O) groups is 1. The lowest BCUT2D eigenvalue weighted by Gasteiger charge is -2.23. The van der Waals surface area contributed by atoms with Crippen molar-refractivity contribution >= 4 is 21.4 Å². The van der Waals surface area contributed by atoms with Gasteiger partial charge < -0.3 is 10.6 Å². The Morgan fingerprint density at radius 2 is 2.11 bits per heavy atom. The molecule has 0 saturated carbocycles. The van der Waals surface area contributed by atoms with Gasteiger partial charge in [-0.25, -0.2) is 18.1 Å². The van der Waals surface area contributed by atoms with Crippen LogP contribution in [0.5, 0.6) is 0 Å². The quantitative estimate of drug-likeness (QED) is 0.762. The predicted molar refractivity (Wildman–Crippen MR) is 94.7 cm³/mol. The van der Waals surface area contributed by atoms with E-state index in [1.165, 1.54) is 23.4 Å². The summed E-state index contributed by atoms with van der Waals surface area (Å²) in [5.74, 6) is -0.672. The molecule has 8 nitrogen and oxygen atoms in total. The van der Waals surface area contributed by atoms with Gasteiger partial charge in [-0.05, 0) is 31.5 Å². The first-order chi connectivity index (χ1) is 13.0. The number of aromatic nitrogens is 3. The molecule has 3 rings (SSSR count). The minimum Gasteiger partial charge on any atom is -0.323 e. The molecule has 1 aliphatic heterocycles. The number of benzene rings is 1. The number of halogens is 3. The lowest BCUT2D eigenvalue weighted by molar-refractivity contribution is -0.137. The predicted octanol–water partition coefficient (Wildman–Crippen LogP) is 1.39. The van der Waals surface area contributed by atoms with Crippen LogP contribution in [-0.4, -0.2) is 52.7 Å². The normalized spacial score (nSPS) is 21.6. The van der Waals surface area contributed by atoms with E-state index < -0.39 is 33.0 Å². The summed E-state index contributed by atoms with van der Waals surface area (Å²) in [6.45, 7) is 1.44. The number of anilines is 1. The summed E-state index contributed by atoms with van der Waals surface area (Å²) in [6, 6.07) is 2.89. The first-order valence-electron chi connectivity index (χ1n) is 8.29. The topological polar surface area (TPSA) is 106 Å². The standard InChI is InChI=1S/C16H18F3N5O3S/c1-15(4-5-28(26,27)8-15)21-7-14(25)23-12-6-11(16(17,18)19)2-3-13(12)24-10-20-9-22-24/h2-3,6,9-10,21H,4-5,7-8H2,1H3,(H,23,25). The lowest BCUT2D eigenvalue weighted by Crippen LogP contribution is -2.46. The van der Waals surface area contributed by atoms with E-state index in [-0.39, 0.29) is 29.4 Å². The maximum absolute atomic E-state index is 13.0. The molecule has 1 fully saturated rings. The van der Waals surface area contributed by atoms with Gasteiger partial charge in [-0.15, -0.1) is 0 Å². The van der Waals surface area contributed by atoms with Crippen molar-refractivity contribution in [1.82, 2.24) is 20.1 Å². The van der Waals surface area contributed by atoms with E-state index in [1.807, 2.05) is 0 Å². The van der Waals surface area contributed by atoms with Crippen LogP contribution in [0.15, 0.2) is 30.9 Å². The summed E-state index contributed by atoms with van der Waals surface area (Å²) in [4.78, 5) is 16.1. The molecule has 2 aromatic rings. The molecule has 0 aliphatic carbocycles. The third kappa shape index (κ3) is 4.68. The van der Waals surface area contributed by atoms with Gasteiger partial charge in [0.2, 0.25) is 5.91 Å². The SMILES string of the molecule is CC1(NCC(=O)Nc2cc(C(F)(F)F)ccc2-n2cncn2)CCS(=O)(=O)C1. The van der Waals surface area contributed by atoms with Gasteiger partial charge in [0, 0.05) is 5.54 Å². The van der Waals surface area contributed by atoms with Crippen molar-refractivity contribution in [3.05, 3.63) is 36.4 Å². The molecule has 1 atom stereocenters. The van der Waals surface area contributed by atoms with Gasteiger partial charge in [0.05, 0.1) is 35.0 Å². The fourth-order valence-electron chi connectivity index (χ4n) is 2.98. The van der Waals surface area contributed by atoms with Crippen molar-refractivity contribution in [2.45, 2.75) is 25.1 Å². The second-order valence-corrected chi connectivity index (χ2v) is 9.06. The minimum atomic E-state index is -4.58. The van der Waals surface area contributed by atoms with Crippen LogP contribution in [0.2, 0.25) is 0 Å². The van der Waals surface area contributed by atoms with Crippen molar-refractivity contribution in [2.24, 2.45) is 0 Å². The molecule has 1 aromatic heterocycles. The average Bonchev–Trinajstić information content (AvgIpc) is 3.20. The maximum atomic E-state index is 13.0. The monoisotopic (exact) mass is 417 g/mol. The van der Waals surface area contributed by atoms with E-state index in [0.29, 0.717) is 6.42 Å². The zero-order chi connectivity index (χ0) is 20.6. The minimum absolute atomic E-state index is 0.0300. The van der Waals surface area contributed by atoms with Gasteiger partial charge in [-0.2, -0.15) is 18.3 Å². The molecule has 0 spiro atoms. The molecule has 0 bridgehead atoms. The van der Waals surface area contributed by atoms with Crippen molar-refractivity contribution in [3.63, 3.8) is 0 Å². The molecule has 2 N–H and O–H groups in total. The summed E-state index contributed by atoms with van der Waals surface area (Å²) in [6.07, 6.45) is -1.71. The highest BCUT2D eigenvalue weighted by molar-refractivity contribution is 7.91. The summed E-state index contributed by atoms with van der Waals surface area (Å²) in [7, 11) is -3.16. The molecule has 1 unspecified atom stereocenters. The van der Waals surface area contributed by atoms with Gasteiger partial charge >= 0.3 is 6.18 Å². The number of sulfone groups is 1. The van der Waals surface area contributed by atoms with Gasteiger partial charge in [-0.3, -0.25) is 4.79 Å². The van der Waals surface area contributed by atoms with Crippen LogP contribution in [0, 0.1) is 0 Å². The number of alkyl halides is 3. The molecule has 2 heterocycles. The van der Waals surface area contributed by atoms with Crippen LogP contribution in [0.1, 0.15) is 18.9 Å². The fourth-order valence-corrected chi connectivity index (χ4v) is 5.11. The van der Waals surface area contributed by atoms with Gasteiger partial charge in [0.1, 0.15) is 12.7 Å². The zero-order valence-corrected chi connectivity index (χ0v) is 15.6. The van der Waals surface area contributed by atoms with E-state index in [1.54, 1.807) is 6.92 Å². The maximum Gasteiger partial charge on any atom is 0.416 e. The first kappa shape index (κ1) is 20.3. The Morgan fingerprint density at radius 3 is 2.68 bits per heavy atom. The third-order valence-electron chi connectivity index (χ3n) is 4.44. The molecule has 1 aliphatic rings. The van der Waals surface area contributed by atoms with Crippen molar-refractivity contribution < 1.29 is 26.4 Å². The second-order valence-electron chi connectivity index (χ2n) is 6.87. The molecular formula is C16H18F3N5O3S. The van der Waals surface area contributed by atoms with Crippen molar-refractivity contribution in [3.8, 4) is 5.69 Å².